The Morgan fingerprint density at radius 1 is 0.875 bits per heavy atom. The topological polar surface area (TPSA) is 46.2 Å². The van der Waals surface area contributed by atoms with Crippen LogP contribution in [0.5, 0.6) is 0 Å². The van der Waals surface area contributed by atoms with Crippen LogP contribution in [0.3, 0.4) is 0 Å². The molecule has 0 fully saturated rings. The minimum Gasteiger partial charge on any atom is -0.356 e. The third-order valence-corrected chi connectivity index (χ3v) is 3.68. The number of hydrogen-bond acceptors (Lipinski definition) is 2. The van der Waals surface area contributed by atoms with Gasteiger partial charge in [-0.05, 0) is 31.2 Å². The first-order chi connectivity index (χ1) is 11.4. The van der Waals surface area contributed by atoms with Gasteiger partial charge < -0.3 is 5.32 Å². The van der Waals surface area contributed by atoms with E-state index in [0.717, 1.165) is 12.8 Å². The molecule has 1 N–H and O–H groups in total. The number of halogens is 3. The number of nitrogens with one attached hydrogen (secondary N) is 1. The summed E-state index contributed by atoms with van der Waals surface area (Å²) in [4.78, 5) is 22.3. The van der Waals surface area contributed by atoms with Gasteiger partial charge in [-0.25, -0.2) is 0 Å². The number of rotatable bonds is 11. The molecule has 1 rings (SSSR count). The lowest BCUT2D eigenvalue weighted by Gasteiger charge is -2.06. The Balaban J connectivity index is 1.96. The van der Waals surface area contributed by atoms with E-state index in [2.05, 4.69) is 5.32 Å². The number of aryl methyl sites for hydroxylation is 1. The quantitative estimate of drug-likeness (QED) is 0.612. The third kappa shape index (κ3) is 9.33. The molecule has 0 spiro atoms. The molecular weight excluding hydrogens is 319 g/mol. The Bertz CT molecular complexity index is 501. The van der Waals surface area contributed by atoms with E-state index in [1.54, 1.807) is 0 Å². The molecule has 0 atom stereocenters. The van der Waals surface area contributed by atoms with Crippen LogP contribution in [-0.4, -0.2) is 24.4 Å². The Morgan fingerprint density at radius 3 is 2.12 bits per heavy atom. The molecule has 0 aliphatic rings. The molecule has 0 aliphatic heterocycles. The number of hydrogen-bond donors (Lipinski definition) is 1. The average Bonchev–Trinajstić information content (AvgIpc) is 2.54. The van der Waals surface area contributed by atoms with Gasteiger partial charge in [0.2, 0.25) is 11.7 Å². The summed E-state index contributed by atoms with van der Waals surface area (Å²) in [6, 6.07) is 10.0. The van der Waals surface area contributed by atoms with E-state index in [9.17, 15) is 22.8 Å². The van der Waals surface area contributed by atoms with E-state index in [1.165, 1.54) is 5.56 Å². The van der Waals surface area contributed by atoms with Crippen LogP contribution in [0.15, 0.2) is 30.3 Å². The lowest BCUT2D eigenvalue weighted by molar-refractivity contribution is -0.171. The molecule has 0 saturated carbocycles. The second-order valence-electron chi connectivity index (χ2n) is 5.77. The highest BCUT2D eigenvalue weighted by Gasteiger charge is 2.36. The molecule has 134 valence electrons. The van der Waals surface area contributed by atoms with E-state index < -0.39 is 18.4 Å². The van der Waals surface area contributed by atoms with Crippen molar-refractivity contribution in [2.24, 2.45) is 0 Å². The number of benzene rings is 1. The zero-order chi connectivity index (χ0) is 17.8. The summed E-state index contributed by atoms with van der Waals surface area (Å²) < 4.78 is 36.0. The van der Waals surface area contributed by atoms with Crippen molar-refractivity contribution in [3.63, 3.8) is 0 Å². The van der Waals surface area contributed by atoms with Crippen molar-refractivity contribution in [1.82, 2.24) is 5.32 Å². The third-order valence-electron chi connectivity index (χ3n) is 3.68. The van der Waals surface area contributed by atoms with Gasteiger partial charge in [-0.3, -0.25) is 9.59 Å². The fraction of sp³-hybridized carbons (Fsp3) is 0.556. The molecule has 0 saturated heterocycles. The molecule has 0 aromatic heterocycles. The molecule has 3 nitrogen and oxygen atoms in total. The maximum Gasteiger partial charge on any atom is 0.449 e. The van der Waals surface area contributed by atoms with Crippen LogP contribution in [-0.2, 0) is 16.0 Å². The van der Waals surface area contributed by atoms with E-state index in [4.69, 9.17) is 0 Å². The van der Waals surface area contributed by atoms with Crippen LogP contribution < -0.4 is 5.32 Å². The van der Waals surface area contributed by atoms with Gasteiger partial charge in [0.25, 0.3) is 0 Å². The monoisotopic (exact) mass is 343 g/mol. The van der Waals surface area contributed by atoms with Crippen LogP contribution in [0.4, 0.5) is 13.2 Å². The first-order valence-corrected chi connectivity index (χ1v) is 8.30. The number of ketones is 1. The molecule has 6 heteroatoms. The van der Waals surface area contributed by atoms with Crippen LogP contribution in [0.2, 0.25) is 0 Å². The normalized spacial score (nSPS) is 11.3. The number of amides is 1. The van der Waals surface area contributed by atoms with Gasteiger partial charge >= 0.3 is 6.18 Å². The average molecular weight is 343 g/mol. The van der Waals surface area contributed by atoms with Crippen molar-refractivity contribution < 1.29 is 22.8 Å². The first-order valence-electron chi connectivity index (χ1n) is 8.30. The summed E-state index contributed by atoms with van der Waals surface area (Å²) in [6.07, 6.45) is -0.996. The van der Waals surface area contributed by atoms with Gasteiger partial charge in [0.1, 0.15) is 0 Å². The van der Waals surface area contributed by atoms with E-state index >= 15 is 0 Å². The number of Topliss-reactive ketones (excluding diaryl/α,β-unsaturated/α-hetero) is 1. The minimum absolute atomic E-state index is 0.0329. The number of carbonyl (C=O) groups is 2. The lowest BCUT2D eigenvalue weighted by atomic mass is 10.1. The van der Waals surface area contributed by atoms with Crippen LogP contribution in [0.1, 0.15) is 50.5 Å². The van der Waals surface area contributed by atoms with Crippen molar-refractivity contribution in [2.45, 2.75) is 57.5 Å². The summed E-state index contributed by atoms with van der Waals surface area (Å²) in [5, 5.41) is 2.84. The summed E-state index contributed by atoms with van der Waals surface area (Å²) in [6.45, 7) is 0.619. The molecular formula is C18H24F3NO2. The predicted molar refractivity (Wildman–Crippen MR) is 86.5 cm³/mol. The van der Waals surface area contributed by atoms with Crippen molar-refractivity contribution in [2.75, 3.05) is 6.54 Å². The van der Waals surface area contributed by atoms with Crippen molar-refractivity contribution in [1.29, 1.82) is 0 Å². The van der Waals surface area contributed by atoms with Crippen molar-refractivity contribution >= 4 is 11.7 Å². The van der Waals surface area contributed by atoms with Gasteiger partial charge in [-0.2, -0.15) is 13.2 Å². The van der Waals surface area contributed by atoms with E-state index in [0.29, 0.717) is 32.2 Å². The van der Waals surface area contributed by atoms with Gasteiger partial charge in [-0.15, -0.1) is 0 Å². The molecule has 1 amide bonds. The molecule has 0 heterocycles. The highest BCUT2D eigenvalue weighted by atomic mass is 19.4. The Labute approximate surface area is 140 Å². The summed E-state index contributed by atoms with van der Waals surface area (Å²) in [5.74, 6) is -1.70. The zero-order valence-electron chi connectivity index (χ0n) is 13.7. The standard InChI is InChI=1S/C18H24F3NO2/c19-18(20,21)16(23)12-6-1-2-7-13-17(24)22-14-8-11-15-9-4-3-5-10-15/h3-5,9-10H,1-2,6-8,11-14H2,(H,22,24). The molecule has 0 bridgehead atoms. The molecule has 1 aromatic rings. The Morgan fingerprint density at radius 2 is 1.50 bits per heavy atom. The summed E-state index contributed by atoms with van der Waals surface area (Å²) in [7, 11) is 0. The maximum atomic E-state index is 12.0. The molecule has 0 radical (unpaired) electrons. The number of carbonyl (C=O) groups excluding carboxylic acids is 2. The largest absolute Gasteiger partial charge is 0.449 e. The molecule has 0 unspecified atom stereocenters. The van der Waals surface area contributed by atoms with Crippen LogP contribution >= 0.6 is 0 Å². The van der Waals surface area contributed by atoms with Crippen LogP contribution in [0.25, 0.3) is 0 Å². The summed E-state index contributed by atoms with van der Waals surface area (Å²) >= 11 is 0. The van der Waals surface area contributed by atoms with Gasteiger partial charge in [-0.1, -0.05) is 43.2 Å². The smallest absolute Gasteiger partial charge is 0.356 e. The number of unbranched alkanes of at least 4 members (excludes halogenated alkanes) is 3. The lowest BCUT2D eigenvalue weighted by Crippen LogP contribution is -2.24. The van der Waals surface area contributed by atoms with Gasteiger partial charge in [0.05, 0.1) is 0 Å². The predicted octanol–water partition coefficient (Wildman–Crippen LogP) is 4.21. The second kappa shape index (κ2) is 10.8. The second-order valence-corrected chi connectivity index (χ2v) is 5.77. The van der Waals surface area contributed by atoms with Gasteiger partial charge in [0, 0.05) is 19.4 Å². The minimum atomic E-state index is -4.72. The molecule has 1 aromatic carbocycles. The zero-order valence-corrected chi connectivity index (χ0v) is 13.7. The van der Waals surface area contributed by atoms with Gasteiger partial charge in [0.15, 0.2) is 0 Å². The first kappa shape index (κ1) is 20.2. The molecule has 0 aliphatic carbocycles. The van der Waals surface area contributed by atoms with Crippen molar-refractivity contribution in [3.05, 3.63) is 35.9 Å². The fourth-order valence-electron chi connectivity index (χ4n) is 2.32. The number of alkyl halides is 3. The van der Waals surface area contributed by atoms with Crippen molar-refractivity contribution in [3.8, 4) is 0 Å². The Kier molecular flexibility index (Phi) is 9.12. The van der Waals surface area contributed by atoms with Crippen LogP contribution in [0, 0.1) is 0 Å². The SMILES string of the molecule is O=C(CCCCCCC(=O)C(F)(F)F)NCCCc1ccccc1. The van der Waals surface area contributed by atoms with E-state index in [-0.39, 0.29) is 12.3 Å². The highest BCUT2D eigenvalue weighted by Crippen LogP contribution is 2.19. The van der Waals surface area contributed by atoms with E-state index in [1.807, 2.05) is 30.3 Å². The molecule has 24 heavy (non-hydrogen) atoms. The fourth-order valence-corrected chi connectivity index (χ4v) is 2.32. The highest BCUT2D eigenvalue weighted by molar-refractivity contribution is 5.83. The maximum absolute atomic E-state index is 12.0. The Hall–Kier alpha value is -1.85. The summed E-state index contributed by atoms with van der Waals surface area (Å²) in [5.41, 5.74) is 1.24.